The van der Waals surface area contributed by atoms with Crippen LogP contribution >= 0.6 is 0 Å². The summed E-state index contributed by atoms with van der Waals surface area (Å²) in [6, 6.07) is 19.8. The van der Waals surface area contributed by atoms with Crippen molar-refractivity contribution in [3.63, 3.8) is 0 Å². The van der Waals surface area contributed by atoms with Crippen molar-refractivity contribution in [2.75, 3.05) is 12.4 Å². The average molecular weight is 373 g/mol. The molecule has 0 spiro atoms. The van der Waals surface area contributed by atoms with Gasteiger partial charge in [0.05, 0.1) is 12.8 Å². The number of rotatable bonds is 6. The van der Waals surface area contributed by atoms with E-state index in [0.29, 0.717) is 22.6 Å². The maximum Gasteiger partial charge on any atom is 0.255 e. The number of anilines is 1. The summed E-state index contributed by atoms with van der Waals surface area (Å²) in [4.78, 5) is 37.1. The molecule has 5 heteroatoms. The largest absolute Gasteiger partial charge is 0.495 e. The van der Waals surface area contributed by atoms with Crippen LogP contribution in [0.3, 0.4) is 0 Å². The summed E-state index contributed by atoms with van der Waals surface area (Å²) >= 11 is 0. The van der Waals surface area contributed by atoms with E-state index in [2.05, 4.69) is 5.32 Å². The number of hydrogen-bond donors (Lipinski definition) is 1. The number of aryl methyl sites for hydroxylation is 1. The summed E-state index contributed by atoms with van der Waals surface area (Å²) in [5, 5.41) is 2.80. The van der Waals surface area contributed by atoms with E-state index in [1.807, 2.05) is 19.1 Å². The molecule has 0 radical (unpaired) electrons. The molecule has 28 heavy (non-hydrogen) atoms. The first-order valence-corrected chi connectivity index (χ1v) is 8.69. The Morgan fingerprint density at radius 3 is 1.93 bits per heavy atom. The molecule has 0 aromatic heterocycles. The SMILES string of the molecule is COc1ccc(C)cc1NC(=O)c1ccc(C(=O)C(=O)c2ccccc2)cc1. The third-order valence-electron chi connectivity index (χ3n) is 4.25. The van der Waals surface area contributed by atoms with Crippen molar-refractivity contribution in [1.82, 2.24) is 0 Å². The number of ketones is 2. The maximum absolute atomic E-state index is 12.5. The molecule has 0 saturated carbocycles. The fourth-order valence-electron chi connectivity index (χ4n) is 2.74. The van der Waals surface area contributed by atoms with Crippen LogP contribution in [0.5, 0.6) is 5.75 Å². The Morgan fingerprint density at radius 2 is 1.32 bits per heavy atom. The van der Waals surface area contributed by atoms with E-state index in [-0.39, 0.29) is 11.5 Å². The zero-order valence-corrected chi connectivity index (χ0v) is 15.6. The lowest BCUT2D eigenvalue weighted by molar-refractivity contribution is 0.0817. The van der Waals surface area contributed by atoms with Crippen LogP contribution in [0.1, 0.15) is 36.6 Å². The Kier molecular flexibility index (Phi) is 5.65. The number of hydrogen-bond acceptors (Lipinski definition) is 4. The number of nitrogens with one attached hydrogen (secondary N) is 1. The van der Waals surface area contributed by atoms with E-state index in [1.165, 1.54) is 31.4 Å². The van der Waals surface area contributed by atoms with Crippen molar-refractivity contribution >= 4 is 23.2 Å². The van der Waals surface area contributed by atoms with Gasteiger partial charge in [0.1, 0.15) is 5.75 Å². The van der Waals surface area contributed by atoms with Crippen LogP contribution < -0.4 is 10.1 Å². The van der Waals surface area contributed by atoms with E-state index in [9.17, 15) is 14.4 Å². The molecule has 140 valence electrons. The van der Waals surface area contributed by atoms with Crippen molar-refractivity contribution in [1.29, 1.82) is 0 Å². The molecule has 1 N–H and O–H groups in total. The Morgan fingerprint density at radius 1 is 0.750 bits per heavy atom. The summed E-state index contributed by atoms with van der Waals surface area (Å²) in [7, 11) is 1.53. The molecule has 0 aliphatic rings. The van der Waals surface area contributed by atoms with E-state index in [1.54, 1.807) is 36.4 Å². The lowest BCUT2D eigenvalue weighted by atomic mass is 10.0. The first-order valence-electron chi connectivity index (χ1n) is 8.69. The highest BCUT2D eigenvalue weighted by atomic mass is 16.5. The van der Waals surface area contributed by atoms with Gasteiger partial charge >= 0.3 is 0 Å². The van der Waals surface area contributed by atoms with Crippen LogP contribution in [0.15, 0.2) is 72.8 Å². The molecule has 0 fully saturated rings. The molecule has 0 saturated heterocycles. The summed E-state index contributed by atoms with van der Waals surface area (Å²) < 4.78 is 5.26. The van der Waals surface area contributed by atoms with Crippen LogP contribution in [0.25, 0.3) is 0 Å². The molecule has 0 heterocycles. The summed E-state index contributed by atoms with van der Waals surface area (Å²) in [6.45, 7) is 1.92. The highest BCUT2D eigenvalue weighted by molar-refractivity contribution is 6.49. The second-order valence-electron chi connectivity index (χ2n) is 6.26. The molecule has 0 aliphatic carbocycles. The number of methoxy groups -OCH3 is 1. The zero-order chi connectivity index (χ0) is 20.1. The Labute approximate surface area is 163 Å². The quantitative estimate of drug-likeness (QED) is 0.516. The molecule has 0 unspecified atom stereocenters. The lowest BCUT2D eigenvalue weighted by Gasteiger charge is -2.11. The molecule has 1 amide bonds. The van der Waals surface area contributed by atoms with Gasteiger partial charge in [-0.3, -0.25) is 14.4 Å². The van der Waals surface area contributed by atoms with Crippen molar-refractivity contribution in [2.24, 2.45) is 0 Å². The number of ether oxygens (including phenoxy) is 1. The van der Waals surface area contributed by atoms with Crippen LogP contribution in [-0.2, 0) is 0 Å². The third kappa shape index (κ3) is 4.15. The molecule has 3 aromatic rings. The summed E-state index contributed by atoms with van der Waals surface area (Å²) in [6.07, 6.45) is 0. The minimum absolute atomic E-state index is 0.235. The molecular weight excluding hydrogens is 354 g/mol. The first kappa shape index (κ1) is 19.0. The Balaban J connectivity index is 1.75. The predicted molar refractivity (Wildman–Crippen MR) is 107 cm³/mol. The van der Waals surface area contributed by atoms with Gasteiger partial charge in [-0.15, -0.1) is 0 Å². The van der Waals surface area contributed by atoms with Crippen molar-refractivity contribution < 1.29 is 19.1 Å². The van der Waals surface area contributed by atoms with Gasteiger partial charge in [0.2, 0.25) is 11.6 Å². The van der Waals surface area contributed by atoms with E-state index < -0.39 is 11.6 Å². The van der Waals surface area contributed by atoms with Gasteiger partial charge in [-0.25, -0.2) is 0 Å². The van der Waals surface area contributed by atoms with Crippen molar-refractivity contribution in [3.8, 4) is 5.75 Å². The van der Waals surface area contributed by atoms with Gasteiger partial charge in [0, 0.05) is 16.7 Å². The number of carbonyl (C=O) groups excluding carboxylic acids is 3. The van der Waals surface area contributed by atoms with Crippen LogP contribution in [0.4, 0.5) is 5.69 Å². The first-order chi connectivity index (χ1) is 13.5. The predicted octanol–water partition coefficient (Wildman–Crippen LogP) is 4.32. The zero-order valence-electron chi connectivity index (χ0n) is 15.6. The van der Waals surface area contributed by atoms with Crippen molar-refractivity contribution in [3.05, 3.63) is 95.1 Å². The van der Waals surface area contributed by atoms with Crippen LogP contribution in [0, 0.1) is 6.92 Å². The third-order valence-corrected chi connectivity index (χ3v) is 4.25. The van der Waals surface area contributed by atoms with Gasteiger partial charge in [-0.1, -0.05) is 48.5 Å². The number of Topliss-reactive ketones (excluding diaryl/α,β-unsaturated/α-hetero) is 2. The van der Waals surface area contributed by atoms with E-state index in [4.69, 9.17) is 4.74 Å². The fourth-order valence-corrected chi connectivity index (χ4v) is 2.74. The highest BCUT2D eigenvalue weighted by Crippen LogP contribution is 2.25. The molecule has 3 rings (SSSR count). The summed E-state index contributed by atoms with van der Waals surface area (Å²) in [5.41, 5.74) is 2.48. The second kappa shape index (κ2) is 8.31. The smallest absolute Gasteiger partial charge is 0.255 e. The Bertz CT molecular complexity index is 1020. The molecule has 0 atom stereocenters. The summed E-state index contributed by atoms with van der Waals surface area (Å²) in [5.74, 6) is -0.975. The van der Waals surface area contributed by atoms with Crippen molar-refractivity contribution in [2.45, 2.75) is 6.92 Å². The second-order valence-corrected chi connectivity index (χ2v) is 6.26. The van der Waals surface area contributed by atoms with Crippen LogP contribution in [-0.4, -0.2) is 24.6 Å². The van der Waals surface area contributed by atoms with Crippen LogP contribution in [0.2, 0.25) is 0 Å². The molecule has 3 aromatic carbocycles. The molecule has 0 aliphatic heterocycles. The monoisotopic (exact) mass is 373 g/mol. The van der Waals surface area contributed by atoms with Gasteiger partial charge in [0.15, 0.2) is 0 Å². The topological polar surface area (TPSA) is 72.5 Å². The lowest BCUT2D eigenvalue weighted by Crippen LogP contribution is -2.16. The normalized spacial score (nSPS) is 10.2. The Hall–Kier alpha value is -3.73. The van der Waals surface area contributed by atoms with Gasteiger partial charge < -0.3 is 10.1 Å². The minimum Gasteiger partial charge on any atom is -0.495 e. The standard InChI is InChI=1S/C23H19NO4/c1-15-8-13-20(28-2)19(14-15)24-23(27)18-11-9-17(10-12-18)22(26)21(25)16-6-4-3-5-7-16/h3-14H,1-2H3,(H,24,27). The van der Waals surface area contributed by atoms with Gasteiger partial charge in [-0.05, 0) is 36.8 Å². The highest BCUT2D eigenvalue weighted by Gasteiger charge is 2.18. The average Bonchev–Trinajstić information content (AvgIpc) is 2.73. The number of carbonyl (C=O) groups is 3. The molecular formula is C23H19NO4. The fraction of sp³-hybridized carbons (Fsp3) is 0.0870. The van der Waals surface area contributed by atoms with Gasteiger partial charge in [-0.2, -0.15) is 0 Å². The van der Waals surface area contributed by atoms with E-state index in [0.717, 1.165) is 5.56 Å². The van der Waals surface area contributed by atoms with Gasteiger partial charge in [0.25, 0.3) is 5.91 Å². The molecule has 5 nitrogen and oxygen atoms in total. The number of amides is 1. The molecule has 0 bridgehead atoms. The van der Waals surface area contributed by atoms with E-state index >= 15 is 0 Å². The number of benzene rings is 3. The maximum atomic E-state index is 12.5. The minimum atomic E-state index is -0.612.